The average Bonchev–Trinajstić information content (AvgIpc) is 2.73. The lowest BCUT2D eigenvalue weighted by Crippen LogP contribution is -2.43. The van der Waals surface area contributed by atoms with Gasteiger partial charge in [-0.25, -0.2) is 0 Å². The highest BCUT2D eigenvalue weighted by Crippen LogP contribution is 2.35. The number of nitrogens with zero attached hydrogens (tertiary/aromatic N) is 2. The smallest absolute Gasteiger partial charge is 0.000966 e. The van der Waals surface area contributed by atoms with Crippen molar-refractivity contribution < 1.29 is 0 Å². The van der Waals surface area contributed by atoms with E-state index in [1.165, 1.54) is 116 Å². The third-order valence-corrected chi connectivity index (χ3v) is 9.23. The fourth-order valence-corrected chi connectivity index (χ4v) is 6.97. The van der Waals surface area contributed by atoms with Crippen LogP contribution in [0.5, 0.6) is 0 Å². The van der Waals surface area contributed by atoms with Gasteiger partial charge in [-0.15, -0.1) is 0 Å². The Kier molecular flexibility index (Phi) is 7.78. The van der Waals surface area contributed by atoms with Crippen molar-refractivity contribution in [3.8, 4) is 0 Å². The van der Waals surface area contributed by atoms with Crippen molar-refractivity contribution in [1.82, 2.24) is 9.80 Å². The molecule has 0 bridgehead atoms. The molecule has 2 aliphatic heterocycles. The summed E-state index contributed by atoms with van der Waals surface area (Å²) in [6.45, 7) is 13.3. The minimum absolute atomic E-state index is 0.995. The van der Waals surface area contributed by atoms with Gasteiger partial charge in [-0.1, -0.05) is 39.5 Å². The molecule has 0 N–H and O–H groups in total. The Bertz CT molecular complexity index is 389. The van der Waals surface area contributed by atoms with Gasteiger partial charge in [-0.05, 0) is 113 Å². The van der Waals surface area contributed by atoms with Crippen molar-refractivity contribution in [2.75, 3.05) is 39.3 Å². The summed E-state index contributed by atoms with van der Waals surface area (Å²) in [5.41, 5.74) is 0. The highest BCUT2D eigenvalue weighted by atomic mass is 15.1. The van der Waals surface area contributed by atoms with Gasteiger partial charge in [0.15, 0.2) is 0 Å². The number of hydrogen-bond acceptors (Lipinski definition) is 2. The normalized spacial score (nSPS) is 37.9. The van der Waals surface area contributed by atoms with Gasteiger partial charge in [0.25, 0.3) is 0 Å². The summed E-state index contributed by atoms with van der Waals surface area (Å²) in [6.07, 6.45) is 17.9. The minimum Gasteiger partial charge on any atom is -0.303 e. The van der Waals surface area contributed by atoms with E-state index in [1.54, 1.807) is 0 Å². The molecule has 4 rings (SSSR count). The predicted octanol–water partition coefficient (Wildman–Crippen LogP) is 6.06. The summed E-state index contributed by atoms with van der Waals surface area (Å²) in [5, 5.41) is 0. The molecule has 2 heterocycles. The molecule has 0 atom stereocenters. The van der Waals surface area contributed by atoms with E-state index in [-0.39, 0.29) is 0 Å². The van der Waals surface area contributed by atoms with Crippen LogP contribution in [0.3, 0.4) is 0 Å². The fraction of sp³-hybridized carbons (Fsp3) is 1.00. The van der Waals surface area contributed by atoms with Crippen LogP contribution in [0.4, 0.5) is 0 Å². The van der Waals surface area contributed by atoms with Crippen LogP contribution in [0.15, 0.2) is 0 Å². The van der Waals surface area contributed by atoms with E-state index in [0.717, 1.165) is 35.5 Å². The Morgan fingerprint density at radius 1 is 0.464 bits per heavy atom. The second kappa shape index (κ2) is 10.3. The van der Waals surface area contributed by atoms with E-state index in [0.29, 0.717) is 0 Å². The Balaban J connectivity index is 1.11. The maximum Gasteiger partial charge on any atom is 0.000966 e. The molecule has 2 nitrogen and oxygen atoms in total. The average molecular weight is 389 g/mol. The number of likely N-dealkylation sites (tertiary alicyclic amines) is 2. The summed E-state index contributed by atoms with van der Waals surface area (Å²) >= 11 is 0. The first-order chi connectivity index (χ1) is 13.7. The van der Waals surface area contributed by atoms with Crippen LogP contribution in [0.1, 0.15) is 90.9 Å². The summed E-state index contributed by atoms with van der Waals surface area (Å²) < 4.78 is 0. The van der Waals surface area contributed by atoms with Gasteiger partial charge in [0.05, 0.1) is 0 Å². The van der Waals surface area contributed by atoms with Crippen LogP contribution in [-0.4, -0.2) is 49.1 Å². The van der Waals surface area contributed by atoms with Crippen molar-refractivity contribution >= 4 is 0 Å². The molecular weight excluding hydrogens is 340 g/mol. The number of piperidine rings is 2. The Morgan fingerprint density at radius 2 is 0.786 bits per heavy atom. The summed E-state index contributed by atoms with van der Waals surface area (Å²) in [4.78, 5) is 5.66. The first-order valence-electron chi connectivity index (χ1n) is 13.1. The van der Waals surface area contributed by atoms with Crippen LogP contribution >= 0.6 is 0 Å². The van der Waals surface area contributed by atoms with E-state index < -0.39 is 0 Å². The van der Waals surface area contributed by atoms with E-state index in [4.69, 9.17) is 0 Å². The Labute approximate surface area is 175 Å². The molecule has 2 heteroatoms. The van der Waals surface area contributed by atoms with E-state index in [2.05, 4.69) is 23.6 Å². The molecule has 28 heavy (non-hydrogen) atoms. The molecule has 4 aliphatic rings. The lowest BCUT2D eigenvalue weighted by atomic mass is 9.77. The molecule has 0 radical (unpaired) electrons. The van der Waals surface area contributed by atoms with E-state index in [9.17, 15) is 0 Å². The third kappa shape index (κ3) is 5.97. The van der Waals surface area contributed by atoms with Gasteiger partial charge in [0.1, 0.15) is 0 Å². The van der Waals surface area contributed by atoms with Crippen molar-refractivity contribution in [3.63, 3.8) is 0 Å². The molecule has 4 fully saturated rings. The third-order valence-electron chi connectivity index (χ3n) is 9.23. The molecule has 0 aromatic heterocycles. The van der Waals surface area contributed by atoms with Crippen molar-refractivity contribution in [2.24, 2.45) is 35.5 Å². The highest BCUT2D eigenvalue weighted by molar-refractivity contribution is 4.84. The maximum absolute atomic E-state index is 2.83. The second-order valence-electron chi connectivity index (χ2n) is 11.5. The van der Waals surface area contributed by atoms with Gasteiger partial charge in [0, 0.05) is 13.1 Å². The zero-order valence-corrected chi connectivity index (χ0v) is 19.1. The van der Waals surface area contributed by atoms with Gasteiger partial charge in [0.2, 0.25) is 0 Å². The topological polar surface area (TPSA) is 6.48 Å². The van der Waals surface area contributed by atoms with Crippen molar-refractivity contribution in [2.45, 2.75) is 90.9 Å². The first kappa shape index (κ1) is 21.2. The van der Waals surface area contributed by atoms with Crippen LogP contribution in [0, 0.1) is 35.5 Å². The highest BCUT2D eigenvalue weighted by Gasteiger charge is 2.31. The largest absolute Gasteiger partial charge is 0.303 e. The van der Waals surface area contributed by atoms with Crippen LogP contribution in [0.25, 0.3) is 0 Å². The molecule has 2 aliphatic carbocycles. The molecule has 162 valence electrons. The maximum atomic E-state index is 2.83. The quantitative estimate of drug-likeness (QED) is 0.564. The molecule has 0 aromatic rings. The lowest BCUT2D eigenvalue weighted by Gasteiger charge is -2.42. The number of rotatable bonds is 5. The fourth-order valence-electron chi connectivity index (χ4n) is 6.97. The molecule has 0 amide bonds. The first-order valence-corrected chi connectivity index (χ1v) is 13.1. The zero-order chi connectivity index (χ0) is 19.3. The zero-order valence-electron chi connectivity index (χ0n) is 19.1. The molecule has 2 saturated heterocycles. The molecular formula is C26H48N2. The molecule has 0 aromatic carbocycles. The van der Waals surface area contributed by atoms with Crippen LogP contribution in [0.2, 0.25) is 0 Å². The van der Waals surface area contributed by atoms with Crippen molar-refractivity contribution in [1.29, 1.82) is 0 Å². The summed E-state index contributed by atoms with van der Waals surface area (Å²) in [5.74, 6) is 6.10. The van der Waals surface area contributed by atoms with Crippen LogP contribution in [-0.2, 0) is 0 Å². The standard InChI is InChI=1S/C26H48N2/c1-21-3-7-23(8-4-21)19-27-15-11-25(12-16-27)26-13-17-28(18-14-26)20-24-9-5-22(2)6-10-24/h21-26H,3-20H2,1-2H3. The van der Waals surface area contributed by atoms with E-state index in [1.807, 2.05) is 0 Å². The number of hydrogen-bond donors (Lipinski definition) is 0. The van der Waals surface area contributed by atoms with Crippen molar-refractivity contribution in [3.05, 3.63) is 0 Å². The minimum atomic E-state index is 0.995. The predicted molar refractivity (Wildman–Crippen MR) is 121 cm³/mol. The second-order valence-corrected chi connectivity index (χ2v) is 11.5. The van der Waals surface area contributed by atoms with E-state index >= 15 is 0 Å². The SMILES string of the molecule is CC1CCC(CN2CCC(C3CCN(CC4CCC(C)CC4)CC3)CC2)CC1. The summed E-state index contributed by atoms with van der Waals surface area (Å²) in [7, 11) is 0. The van der Waals surface area contributed by atoms with Gasteiger partial charge in [-0.3, -0.25) is 0 Å². The summed E-state index contributed by atoms with van der Waals surface area (Å²) in [6, 6.07) is 0. The Hall–Kier alpha value is -0.0800. The monoisotopic (exact) mass is 388 g/mol. The molecule has 0 spiro atoms. The van der Waals surface area contributed by atoms with Gasteiger partial charge < -0.3 is 9.80 Å². The molecule has 2 saturated carbocycles. The van der Waals surface area contributed by atoms with Gasteiger partial charge >= 0.3 is 0 Å². The Morgan fingerprint density at radius 3 is 1.11 bits per heavy atom. The van der Waals surface area contributed by atoms with Gasteiger partial charge in [-0.2, -0.15) is 0 Å². The van der Waals surface area contributed by atoms with Crippen LogP contribution < -0.4 is 0 Å². The lowest BCUT2D eigenvalue weighted by molar-refractivity contribution is 0.0749. The molecule has 0 unspecified atom stereocenters.